The fraction of sp³-hybridized carbons (Fsp3) is 0.567. The maximum atomic E-state index is 13.0. The van der Waals surface area contributed by atoms with Crippen LogP contribution in [-0.4, -0.2) is 40.4 Å². The van der Waals surface area contributed by atoms with E-state index in [1.54, 1.807) is 9.58 Å². The first-order valence-corrected chi connectivity index (χ1v) is 13.9. The van der Waals surface area contributed by atoms with E-state index in [0.717, 1.165) is 47.6 Å². The Hall–Kier alpha value is -2.93. The molecule has 0 saturated carbocycles. The summed E-state index contributed by atoms with van der Waals surface area (Å²) in [5.74, 6) is 1.26. The lowest BCUT2D eigenvalue weighted by atomic mass is 9.94. The molecule has 3 rings (SSSR count). The zero-order chi connectivity index (χ0) is 27.4. The second kappa shape index (κ2) is 15.4. The van der Waals surface area contributed by atoms with Gasteiger partial charge >= 0.3 is 6.03 Å². The second-order valence-electron chi connectivity index (χ2n) is 9.82. The van der Waals surface area contributed by atoms with Crippen LogP contribution < -0.4 is 15.5 Å². The van der Waals surface area contributed by atoms with Gasteiger partial charge in [-0.15, -0.1) is 0 Å². The van der Waals surface area contributed by atoms with Gasteiger partial charge in [0.25, 0.3) is 0 Å². The van der Waals surface area contributed by atoms with Gasteiger partial charge in [-0.25, -0.2) is 9.78 Å². The summed E-state index contributed by atoms with van der Waals surface area (Å²) in [5, 5.41) is 10.9. The highest BCUT2D eigenvalue weighted by Crippen LogP contribution is 2.33. The Morgan fingerprint density at radius 2 is 1.86 bits per heavy atom. The quantitative estimate of drug-likeness (QED) is 0.351. The van der Waals surface area contributed by atoms with Gasteiger partial charge < -0.3 is 10.6 Å². The van der Waals surface area contributed by atoms with E-state index in [1.165, 1.54) is 37.1 Å². The standard InChI is InChI=1S/C24H33N5O.C6H15N/c1-7-9-17(4)22-19(15-28(6)27-22)14-18(5)26-24(30)29-13-11-21-20(16(3)8-2)10-12-25-23(21)29;1-3-5-7-6-4-2/h9-10,12,14-16H,7-8,11,13H2,1-6H3,(H,26,30);7H,3-6H2,1-2H3/b17-9+,18-14+;. The first-order valence-electron chi connectivity index (χ1n) is 13.9. The van der Waals surface area contributed by atoms with Gasteiger partial charge in [0, 0.05) is 42.8 Å². The Kier molecular flexibility index (Phi) is 12.6. The van der Waals surface area contributed by atoms with Crippen molar-refractivity contribution in [3.05, 3.63) is 52.6 Å². The normalized spacial score (nSPS) is 14.2. The Balaban J connectivity index is 0.000000604. The largest absolute Gasteiger partial charge is 0.327 e. The fourth-order valence-electron chi connectivity index (χ4n) is 4.50. The van der Waals surface area contributed by atoms with Gasteiger partial charge in [0.1, 0.15) is 5.82 Å². The molecule has 3 heterocycles. The number of carbonyl (C=O) groups excluding carboxylic acids is 1. The summed E-state index contributed by atoms with van der Waals surface area (Å²) in [5.41, 5.74) is 6.38. The molecule has 0 radical (unpaired) electrons. The SMILES string of the molecule is CC/C=C(\C)c1nn(C)cc1/C=C(\C)NC(=O)N1CCc2c(C(C)CC)ccnc21.CCCNCCC. The van der Waals surface area contributed by atoms with Crippen LogP contribution in [0.4, 0.5) is 10.6 Å². The zero-order valence-corrected chi connectivity index (χ0v) is 24.3. The molecule has 0 spiro atoms. The minimum atomic E-state index is -0.137. The Morgan fingerprint density at radius 3 is 2.49 bits per heavy atom. The molecule has 1 unspecified atom stereocenters. The van der Waals surface area contributed by atoms with E-state index in [2.05, 4.69) is 74.4 Å². The fourth-order valence-corrected chi connectivity index (χ4v) is 4.50. The van der Waals surface area contributed by atoms with Crippen molar-refractivity contribution in [3.63, 3.8) is 0 Å². The molecular formula is C30H48N6O. The third-order valence-electron chi connectivity index (χ3n) is 6.57. The number of nitrogens with zero attached hydrogens (tertiary/aromatic N) is 4. The second-order valence-corrected chi connectivity index (χ2v) is 9.82. The topological polar surface area (TPSA) is 75.1 Å². The van der Waals surface area contributed by atoms with Crippen LogP contribution in [-0.2, 0) is 13.5 Å². The van der Waals surface area contributed by atoms with Crippen molar-refractivity contribution in [2.45, 2.75) is 86.5 Å². The summed E-state index contributed by atoms with van der Waals surface area (Å²) < 4.78 is 1.81. The summed E-state index contributed by atoms with van der Waals surface area (Å²) in [6, 6.07) is 1.96. The molecule has 2 N–H and O–H groups in total. The Morgan fingerprint density at radius 1 is 1.16 bits per heavy atom. The molecule has 2 aromatic rings. The number of fused-ring (bicyclic) bond motifs is 1. The van der Waals surface area contributed by atoms with E-state index in [0.29, 0.717) is 12.5 Å². The third kappa shape index (κ3) is 8.56. The van der Waals surface area contributed by atoms with Gasteiger partial charge in [0.2, 0.25) is 0 Å². The van der Waals surface area contributed by atoms with Crippen molar-refractivity contribution < 1.29 is 4.79 Å². The summed E-state index contributed by atoms with van der Waals surface area (Å²) in [6.07, 6.45) is 13.3. The highest BCUT2D eigenvalue weighted by atomic mass is 16.2. The molecule has 1 atom stereocenters. The van der Waals surface area contributed by atoms with Crippen LogP contribution in [0.2, 0.25) is 0 Å². The molecule has 2 aromatic heterocycles. The summed E-state index contributed by atoms with van der Waals surface area (Å²) >= 11 is 0. The van der Waals surface area contributed by atoms with E-state index < -0.39 is 0 Å². The highest BCUT2D eigenvalue weighted by Gasteiger charge is 2.29. The number of urea groups is 1. The first-order chi connectivity index (χ1) is 17.8. The van der Waals surface area contributed by atoms with Crippen molar-refractivity contribution in [1.82, 2.24) is 25.4 Å². The molecule has 7 heteroatoms. The number of pyridine rings is 1. The summed E-state index contributed by atoms with van der Waals surface area (Å²) in [7, 11) is 1.91. The van der Waals surface area contributed by atoms with Gasteiger partial charge in [-0.3, -0.25) is 9.58 Å². The van der Waals surface area contributed by atoms with Gasteiger partial charge in [-0.05, 0) is 88.2 Å². The molecule has 204 valence electrons. The Labute approximate surface area is 224 Å². The summed E-state index contributed by atoms with van der Waals surface area (Å²) in [6.45, 7) is 17.9. The van der Waals surface area contributed by atoms with Crippen LogP contribution in [0, 0.1) is 0 Å². The van der Waals surface area contributed by atoms with Crippen LogP contribution in [0.5, 0.6) is 0 Å². The maximum Gasteiger partial charge on any atom is 0.327 e. The van der Waals surface area contributed by atoms with E-state index in [4.69, 9.17) is 0 Å². The van der Waals surface area contributed by atoms with E-state index in [9.17, 15) is 4.79 Å². The number of allylic oxidation sites excluding steroid dienone is 3. The van der Waals surface area contributed by atoms with E-state index in [-0.39, 0.29) is 6.03 Å². The van der Waals surface area contributed by atoms with Crippen molar-refractivity contribution >= 4 is 23.5 Å². The number of amides is 2. The number of anilines is 1. The molecule has 0 saturated heterocycles. The van der Waals surface area contributed by atoms with Gasteiger partial charge in [-0.2, -0.15) is 5.10 Å². The molecule has 0 aromatic carbocycles. The van der Waals surface area contributed by atoms with Crippen LogP contribution in [0.1, 0.15) is 102 Å². The average molecular weight is 509 g/mol. The van der Waals surface area contributed by atoms with Crippen LogP contribution >= 0.6 is 0 Å². The van der Waals surface area contributed by atoms with Crippen molar-refractivity contribution in [2.75, 3.05) is 24.5 Å². The summed E-state index contributed by atoms with van der Waals surface area (Å²) in [4.78, 5) is 19.3. The van der Waals surface area contributed by atoms with E-state index >= 15 is 0 Å². The number of aryl methyl sites for hydroxylation is 1. The number of carbonyl (C=O) groups is 1. The number of rotatable bonds is 10. The minimum absolute atomic E-state index is 0.137. The number of hydrogen-bond donors (Lipinski definition) is 2. The smallest absolute Gasteiger partial charge is 0.317 e. The highest BCUT2D eigenvalue weighted by molar-refractivity contribution is 5.94. The number of nitrogens with one attached hydrogen (secondary N) is 2. The molecule has 0 bridgehead atoms. The molecule has 1 aliphatic heterocycles. The zero-order valence-electron chi connectivity index (χ0n) is 24.3. The molecule has 2 amide bonds. The predicted octanol–water partition coefficient (Wildman–Crippen LogP) is 6.67. The first kappa shape index (κ1) is 30.3. The van der Waals surface area contributed by atoms with Gasteiger partial charge in [-0.1, -0.05) is 40.7 Å². The molecule has 7 nitrogen and oxygen atoms in total. The van der Waals surface area contributed by atoms with Crippen LogP contribution in [0.25, 0.3) is 11.6 Å². The number of hydrogen-bond acceptors (Lipinski definition) is 4. The van der Waals surface area contributed by atoms with Gasteiger partial charge in [0.15, 0.2) is 0 Å². The molecule has 1 aliphatic rings. The number of aromatic nitrogens is 3. The molecule has 0 aliphatic carbocycles. The van der Waals surface area contributed by atoms with Crippen molar-refractivity contribution in [2.24, 2.45) is 7.05 Å². The lowest BCUT2D eigenvalue weighted by molar-refractivity contribution is 0.249. The van der Waals surface area contributed by atoms with Crippen LogP contribution in [0.3, 0.4) is 0 Å². The van der Waals surface area contributed by atoms with E-state index in [1.807, 2.05) is 32.4 Å². The monoisotopic (exact) mass is 508 g/mol. The molecule has 37 heavy (non-hydrogen) atoms. The third-order valence-corrected chi connectivity index (χ3v) is 6.57. The molecular weight excluding hydrogens is 460 g/mol. The predicted molar refractivity (Wildman–Crippen MR) is 157 cm³/mol. The van der Waals surface area contributed by atoms with Crippen molar-refractivity contribution in [3.8, 4) is 0 Å². The molecule has 0 fully saturated rings. The minimum Gasteiger partial charge on any atom is -0.317 e. The lowest BCUT2D eigenvalue weighted by Gasteiger charge is -2.18. The van der Waals surface area contributed by atoms with Gasteiger partial charge in [0.05, 0.1) is 5.69 Å². The Bertz CT molecular complexity index is 1060. The lowest BCUT2D eigenvalue weighted by Crippen LogP contribution is -2.38. The maximum absolute atomic E-state index is 13.0. The van der Waals surface area contributed by atoms with Crippen LogP contribution in [0.15, 0.2) is 30.2 Å². The average Bonchev–Trinajstić information content (AvgIpc) is 3.47. The van der Waals surface area contributed by atoms with Crippen molar-refractivity contribution in [1.29, 1.82) is 0 Å².